The van der Waals surface area contributed by atoms with Crippen LogP contribution in [-0.2, 0) is 9.53 Å². The van der Waals surface area contributed by atoms with Crippen LogP contribution in [0, 0.1) is 0 Å². The first kappa shape index (κ1) is 19.3. The molecule has 31 heavy (non-hydrogen) atoms. The number of ether oxygens (including phenoxy) is 3. The Morgan fingerprint density at radius 2 is 1.90 bits per heavy atom. The van der Waals surface area contributed by atoms with E-state index in [-0.39, 0.29) is 29.9 Å². The summed E-state index contributed by atoms with van der Waals surface area (Å²) in [7, 11) is 1.32. The number of methoxy groups -OCH3 is 1. The molecule has 2 aliphatic heterocycles. The maximum absolute atomic E-state index is 13.0. The second-order valence-corrected chi connectivity index (χ2v) is 7.97. The van der Waals surface area contributed by atoms with Gasteiger partial charge in [-0.05, 0) is 58.3 Å². The molecule has 1 aromatic heterocycles. The third-order valence-electron chi connectivity index (χ3n) is 5.35. The van der Waals surface area contributed by atoms with Gasteiger partial charge in [0.05, 0.1) is 24.7 Å². The first-order chi connectivity index (χ1) is 15.0. The van der Waals surface area contributed by atoms with E-state index in [0.29, 0.717) is 33.8 Å². The number of carbonyl (C=O) groups is 3. The van der Waals surface area contributed by atoms with Gasteiger partial charge in [0, 0.05) is 11.5 Å². The molecule has 0 saturated carbocycles. The number of benzene rings is 2. The van der Waals surface area contributed by atoms with Gasteiger partial charge in [0.15, 0.2) is 5.76 Å². The molecule has 1 unspecified atom stereocenters. The summed E-state index contributed by atoms with van der Waals surface area (Å²) in [4.78, 5) is 36.7. The van der Waals surface area contributed by atoms with Crippen molar-refractivity contribution in [2.75, 3.05) is 7.11 Å². The number of ketones is 1. The van der Waals surface area contributed by atoms with Gasteiger partial charge in [-0.2, -0.15) is 11.3 Å². The SMILES string of the molecule is COC(=O)c1ccc(/C=C2\Oc3c(ccc4c3C(c3ccsc3)CC(=O)O4)C2=O)cc1. The molecule has 2 aromatic carbocycles. The maximum Gasteiger partial charge on any atom is 0.337 e. The third-order valence-corrected chi connectivity index (χ3v) is 6.06. The number of rotatable bonds is 3. The summed E-state index contributed by atoms with van der Waals surface area (Å²) in [6.07, 6.45) is 1.82. The minimum atomic E-state index is -0.430. The van der Waals surface area contributed by atoms with Crippen LogP contribution >= 0.6 is 11.3 Å². The molecule has 0 radical (unpaired) electrons. The zero-order valence-electron chi connectivity index (χ0n) is 16.4. The zero-order valence-corrected chi connectivity index (χ0v) is 17.2. The number of fused-ring (bicyclic) bond motifs is 3. The number of allylic oxidation sites excluding steroid dienone is 1. The topological polar surface area (TPSA) is 78.9 Å². The Hall–Kier alpha value is -3.71. The summed E-state index contributed by atoms with van der Waals surface area (Å²) < 4.78 is 16.1. The summed E-state index contributed by atoms with van der Waals surface area (Å²) in [5, 5.41) is 3.94. The fourth-order valence-corrected chi connectivity index (χ4v) is 4.56. The Morgan fingerprint density at radius 1 is 1.10 bits per heavy atom. The quantitative estimate of drug-likeness (QED) is 0.342. The zero-order chi connectivity index (χ0) is 21.5. The fraction of sp³-hybridized carbons (Fsp3) is 0.125. The average molecular weight is 432 g/mol. The molecule has 3 aromatic rings. The standard InChI is InChI=1S/C24H16O6S/c1-28-24(27)14-4-2-13(3-5-14)10-19-22(26)16-6-7-18-21(23(16)30-19)17(11-20(25)29-18)15-8-9-31-12-15/h2-10,12,17H,11H2,1H3/b19-10-. The van der Waals surface area contributed by atoms with Crippen molar-refractivity contribution < 1.29 is 28.6 Å². The van der Waals surface area contributed by atoms with E-state index in [1.165, 1.54) is 7.11 Å². The van der Waals surface area contributed by atoms with Gasteiger partial charge in [-0.3, -0.25) is 9.59 Å². The molecule has 0 aliphatic carbocycles. The van der Waals surface area contributed by atoms with Gasteiger partial charge in [0.25, 0.3) is 0 Å². The lowest BCUT2D eigenvalue weighted by Gasteiger charge is -2.25. The van der Waals surface area contributed by atoms with Crippen LogP contribution in [-0.4, -0.2) is 24.8 Å². The van der Waals surface area contributed by atoms with Crippen molar-refractivity contribution in [1.29, 1.82) is 0 Å². The fourth-order valence-electron chi connectivity index (χ4n) is 3.85. The van der Waals surface area contributed by atoms with Gasteiger partial charge >= 0.3 is 11.9 Å². The largest absolute Gasteiger partial charge is 0.465 e. The average Bonchev–Trinajstić information content (AvgIpc) is 3.42. The van der Waals surface area contributed by atoms with E-state index in [1.54, 1.807) is 53.8 Å². The number of hydrogen-bond donors (Lipinski definition) is 0. The van der Waals surface area contributed by atoms with Crippen LogP contribution in [0.15, 0.2) is 59.0 Å². The van der Waals surface area contributed by atoms with Crippen molar-refractivity contribution in [3.63, 3.8) is 0 Å². The molecule has 3 heterocycles. The van der Waals surface area contributed by atoms with Crippen molar-refractivity contribution in [2.45, 2.75) is 12.3 Å². The van der Waals surface area contributed by atoms with E-state index >= 15 is 0 Å². The van der Waals surface area contributed by atoms with Crippen LogP contribution in [0.25, 0.3) is 6.08 Å². The van der Waals surface area contributed by atoms with Crippen molar-refractivity contribution in [3.05, 3.63) is 86.8 Å². The Balaban J connectivity index is 1.53. The molecule has 1 atom stereocenters. The smallest absolute Gasteiger partial charge is 0.337 e. The van der Waals surface area contributed by atoms with Crippen molar-refractivity contribution in [3.8, 4) is 11.5 Å². The van der Waals surface area contributed by atoms with Crippen LogP contribution in [0.1, 0.15) is 49.7 Å². The van der Waals surface area contributed by atoms with Crippen LogP contribution in [0.4, 0.5) is 0 Å². The van der Waals surface area contributed by atoms with E-state index < -0.39 is 5.97 Å². The normalized spacial score (nSPS) is 18.2. The number of carbonyl (C=O) groups excluding carboxylic acids is 3. The van der Waals surface area contributed by atoms with Crippen LogP contribution in [0.5, 0.6) is 11.5 Å². The molecule has 0 spiro atoms. The molecule has 0 bridgehead atoms. The molecule has 2 aliphatic rings. The minimum Gasteiger partial charge on any atom is -0.465 e. The molecule has 0 amide bonds. The van der Waals surface area contributed by atoms with Crippen molar-refractivity contribution in [1.82, 2.24) is 0 Å². The Kier molecular flexibility index (Phi) is 4.67. The predicted octanol–water partition coefficient (Wildman–Crippen LogP) is 4.59. The van der Waals surface area contributed by atoms with E-state index in [1.807, 2.05) is 16.8 Å². The van der Waals surface area contributed by atoms with Gasteiger partial charge in [-0.15, -0.1) is 0 Å². The minimum absolute atomic E-state index is 0.176. The van der Waals surface area contributed by atoms with E-state index in [2.05, 4.69) is 0 Å². The molecule has 6 nitrogen and oxygen atoms in total. The summed E-state index contributed by atoms with van der Waals surface area (Å²) in [6, 6.07) is 11.9. The summed E-state index contributed by atoms with van der Waals surface area (Å²) >= 11 is 1.55. The van der Waals surface area contributed by atoms with Gasteiger partial charge < -0.3 is 14.2 Å². The summed E-state index contributed by atoms with van der Waals surface area (Å²) in [6.45, 7) is 0. The maximum atomic E-state index is 13.0. The molecule has 0 saturated heterocycles. The molecule has 0 N–H and O–H groups in total. The Morgan fingerprint density at radius 3 is 2.61 bits per heavy atom. The first-order valence-electron chi connectivity index (χ1n) is 9.57. The van der Waals surface area contributed by atoms with Crippen molar-refractivity contribution >= 4 is 35.1 Å². The number of Topliss-reactive ketones (excluding diaryl/α,β-unsaturated/α-hetero) is 1. The highest BCUT2D eigenvalue weighted by molar-refractivity contribution is 7.08. The van der Waals surface area contributed by atoms with E-state index in [4.69, 9.17) is 14.2 Å². The molecule has 7 heteroatoms. The molecular weight excluding hydrogens is 416 g/mol. The van der Waals surface area contributed by atoms with Crippen LogP contribution in [0.3, 0.4) is 0 Å². The number of hydrogen-bond acceptors (Lipinski definition) is 7. The van der Waals surface area contributed by atoms with Crippen molar-refractivity contribution in [2.24, 2.45) is 0 Å². The highest BCUT2D eigenvalue weighted by atomic mass is 32.1. The van der Waals surface area contributed by atoms with Gasteiger partial charge in [0.2, 0.25) is 5.78 Å². The third kappa shape index (κ3) is 3.33. The summed E-state index contributed by atoms with van der Waals surface area (Å²) in [5.74, 6) is -0.184. The first-order valence-corrected chi connectivity index (χ1v) is 10.5. The predicted molar refractivity (Wildman–Crippen MR) is 114 cm³/mol. The number of thiophene rings is 1. The van der Waals surface area contributed by atoms with E-state index in [0.717, 1.165) is 5.56 Å². The molecule has 154 valence electrons. The lowest BCUT2D eigenvalue weighted by Crippen LogP contribution is -2.21. The highest BCUT2D eigenvalue weighted by Gasteiger charge is 2.38. The van der Waals surface area contributed by atoms with Crippen LogP contribution < -0.4 is 9.47 Å². The van der Waals surface area contributed by atoms with Gasteiger partial charge in [0.1, 0.15) is 11.5 Å². The van der Waals surface area contributed by atoms with E-state index in [9.17, 15) is 14.4 Å². The second kappa shape index (κ2) is 7.52. The summed E-state index contributed by atoms with van der Waals surface area (Å²) in [5.41, 5.74) is 3.27. The van der Waals surface area contributed by atoms with Crippen LogP contribution in [0.2, 0.25) is 0 Å². The Bertz CT molecular complexity index is 1240. The molecule has 5 rings (SSSR count). The molecular formula is C24H16O6S. The Labute approximate surface area is 181 Å². The van der Waals surface area contributed by atoms with Gasteiger partial charge in [-0.25, -0.2) is 4.79 Å². The highest BCUT2D eigenvalue weighted by Crippen LogP contribution is 2.49. The number of esters is 2. The second-order valence-electron chi connectivity index (χ2n) is 7.19. The monoisotopic (exact) mass is 432 g/mol. The van der Waals surface area contributed by atoms with Gasteiger partial charge in [-0.1, -0.05) is 12.1 Å². The molecule has 0 fully saturated rings. The lowest BCUT2D eigenvalue weighted by molar-refractivity contribution is -0.135. The lowest BCUT2D eigenvalue weighted by atomic mass is 9.86.